The van der Waals surface area contributed by atoms with Gasteiger partial charge in [-0.2, -0.15) is 0 Å². The van der Waals surface area contributed by atoms with E-state index < -0.39 is 5.54 Å². The SMILES string of the molecule is C=C(N)CN1CC2(C1=O)C(C)CC(=O)N2c1ccc(F)cc1. The molecule has 3 rings (SSSR count). The number of amides is 2. The molecule has 2 unspecified atom stereocenters. The Hall–Kier alpha value is -2.37. The average Bonchev–Trinajstić information content (AvgIpc) is 2.72. The largest absolute Gasteiger partial charge is 0.401 e. The van der Waals surface area contributed by atoms with Crippen molar-refractivity contribution >= 4 is 17.5 Å². The van der Waals surface area contributed by atoms with Gasteiger partial charge in [-0.3, -0.25) is 14.5 Å². The van der Waals surface area contributed by atoms with Crippen molar-refractivity contribution in [2.75, 3.05) is 18.0 Å². The number of nitrogens with two attached hydrogens (primary N) is 1. The molecule has 22 heavy (non-hydrogen) atoms. The molecule has 0 aliphatic carbocycles. The molecule has 0 bridgehead atoms. The van der Waals surface area contributed by atoms with Crippen LogP contribution in [0.3, 0.4) is 0 Å². The minimum atomic E-state index is -0.871. The predicted octanol–water partition coefficient (Wildman–Crippen LogP) is 1.25. The molecule has 2 aliphatic rings. The molecule has 2 atom stereocenters. The number of anilines is 1. The number of likely N-dealkylation sites (tertiary alicyclic amines) is 1. The van der Waals surface area contributed by atoms with E-state index in [2.05, 4.69) is 6.58 Å². The van der Waals surface area contributed by atoms with Crippen molar-refractivity contribution in [3.8, 4) is 0 Å². The van der Waals surface area contributed by atoms with Gasteiger partial charge in [-0.05, 0) is 30.2 Å². The third-order valence-corrected chi connectivity index (χ3v) is 4.51. The first-order valence-electron chi connectivity index (χ1n) is 7.17. The van der Waals surface area contributed by atoms with E-state index in [0.717, 1.165) is 0 Å². The highest BCUT2D eigenvalue weighted by Crippen LogP contribution is 2.46. The number of hydrogen-bond acceptors (Lipinski definition) is 3. The van der Waals surface area contributed by atoms with Gasteiger partial charge in [-0.25, -0.2) is 4.39 Å². The van der Waals surface area contributed by atoms with Gasteiger partial charge in [0.15, 0.2) is 0 Å². The highest BCUT2D eigenvalue weighted by molar-refractivity contribution is 6.10. The van der Waals surface area contributed by atoms with Gasteiger partial charge in [0.05, 0.1) is 13.1 Å². The fraction of sp³-hybridized carbons (Fsp3) is 0.375. The maximum atomic E-state index is 13.1. The molecule has 1 aromatic carbocycles. The molecule has 1 spiro atoms. The normalized spacial score (nSPS) is 27.5. The number of carbonyl (C=O) groups is 2. The Balaban J connectivity index is 1.95. The molecule has 116 valence electrons. The van der Waals surface area contributed by atoms with Crippen LogP contribution in [0, 0.1) is 11.7 Å². The van der Waals surface area contributed by atoms with Crippen LogP contribution in [0.1, 0.15) is 13.3 Å². The average molecular weight is 303 g/mol. The summed E-state index contributed by atoms with van der Waals surface area (Å²) < 4.78 is 13.1. The van der Waals surface area contributed by atoms with Crippen molar-refractivity contribution in [3.63, 3.8) is 0 Å². The van der Waals surface area contributed by atoms with Crippen molar-refractivity contribution in [1.29, 1.82) is 0 Å². The first-order chi connectivity index (χ1) is 10.4. The molecular formula is C16H18FN3O2. The topological polar surface area (TPSA) is 66.6 Å². The number of rotatable bonds is 3. The van der Waals surface area contributed by atoms with Crippen LogP contribution in [0.5, 0.6) is 0 Å². The molecule has 0 radical (unpaired) electrons. The summed E-state index contributed by atoms with van der Waals surface area (Å²) in [5.74, 6) is -0.709. The Morgan fingerprint density at radius 2 is 2.05 bits per heavy atom. The highest BCUT2D eigenvalue weighted by Gasteiger charge is 2.64. The Morgan fingerprint density at radius 1 is 1.41 bits per heavy atom. The summed E-state index contributed by atoms with van der Waals surface area (Å²) in [6.07, 6.45) is 0.306. The lowest BCUT2D eigenvalue weighted by Crippen LogP contribution is -2.75. The Labute approximate surface area is 128 Å². The van der Waals surface area contributed by atoms with Gasteiger partial charge in [0.25, 0.3) is 5.91 Å². The molecule has 2 saturated heterocycles. The van der Waals surface area contributed by atoms with E-state index in [1.165, 1.54) is 29.2 Å². The number of β-lactam (4-membered cyclic amide) rings is 1. The fourth-order valence-electron chi connectivity index (χ4n) is 3.45. The van der Waals surface area contributed by atoms with E-state index in [-0.39, 0.29) is 23.5 Å². The molecule has 1 aromatic rings. The predicted molar refractivity (Wildman–Crippen MR) is 80.3 cm³/mol. The highest BCUT2D eigenvalue weighted by atomic mass is 19.1. The van der Waals surface area contributed by atoms with Gasteiger partial charge in [0.1, 0.15) is 11.4 Å². The molecular weight excluding hydrogens is 285 g/mol. The molecule has 2 amide bonds. The lowest BCUT2D eigenvalue weighted by atomic mass is 9.77. The van der Waals surface area contributed by atoms with Crippen molar-refractivity contribution in [1.82, 2.24) is 4.90 Å². The van der Waals surface area contributed by atoms with Crippen LogP contribution in [-0.4, -0.2) is 35.3 Å². The lowest BCUT2D eigenvalue weighted by molar-refractivity contribution is -0.152. The second-order valence-electron chi connectivity index (χ2n) is 6.05. The lowest BCUT2D eigenvalue weighted by Gasteiger charge is -2.53. The smallest absolute Gasteiger partial charge is 0.251 e. The minimum Gasteiger partial charge on any atom is -0.401 e. The number of benzene rings is 1. The molecule has 0 aromatic heterocycles. The van der Waals surface area contributed by atoms with Crippen LogP contribution in [0.25, 0.3) is 0 Å². The molecule has 6 heteroatoms. The summed E-state index contributed by atoms with van der Waals surface area (Å²) in [4.78, 5) is 28.2. The van der Waals surface area contributed by atoms with Crippen LogP contribution in [0.15, 0.2) is 36.5 Å². The van der Waals surface area contributed by atoms with Crippen LogP contribution >= 0.6 is 0 Å². The second kappa shape index (κ2) is 4.83. The second-order valence-corrected chi connectivity index (χ2v) is 6.05. The van der Waals surface area contributed by atoms with E-state index >= 15 is 0 Å². The Bertz CT molecular complexity index is 658. The van der Waals surface area contributed by atoms with Crippen molar-refractivity contribution in [2.45, 2.75) is 18.9 Å². The van der Waals surface area contributed by atoms with E-state index in [1.54, 1.807) is 4.90 Å². The number of carbonyl (C=O) groups excluding carboxylic acids is 2. The van der Waals surface area contributed by atoms with Crippen LogP contribution < -0.4 is 10.6 Å². The first kappa shape index (κ1) is 14.6. The van der Waals surface area contributed by atoms with Crippen molar-refractivity contribution < 1.29 is 14.0 Å². The van der Waals surface area contributed by atoms with E-state index in [0.29, 0.717) is 30.9 Å². The molecule has 5 nitrogen and oxygen atoms in total. The summed E-state index contributed by atoms with van der Waals surface area (Å²) in [6.45, 7) is 6.22. The quantitative estimate of drug-likeness (QED) is 0.855. The van der Waals surface area contributed by atoms with Crippen LogP contribution in [0.2, 0.25) is 0 Å². The summed E-state index contributed by atoms with van der Waals surface area (Å²) >= 11 is 0. The summed E-state index contributed by atoms with van der Waals surface area (Å²) in [6, 6.07) is 5.65. The monoisotopic (exact) mass is 303 g/mol. The summed E-state index contributed by atoms with van der Waals surface area (Å²) in [5.41, 5.74) is 5.66. The zero-order valence-corrected chi connectivity index (χ0v) is 12.4. The van der Waals surface area contributed by atoms with E-state index in [1.807, 2.05) is 6.92 Å². The minimum absolute atomic E-state index is 0.0974. The Morgan fingerprint density at radius 3 is 2.59 bits per heavy atom. The van der Waals surface area contributed by atoms with E-state index in [9.17, 15) is 14.0 Å². The van der Waals surface area contributed by atoms with Crippen molar-refractivity contribution in [3.05, 3.63) is 42.4 Å². The molecule has 2 heterocycles. The van der Waals surface area contributed by atoms with Gasteiger partial charge in [0, 0.05) is 17.8 Å². The van der Waals surface area contributed by atoms with Gasteiger partial charge >= 0.3 is 0 Å². The van der Waals surface area contributed by atoms with Crippen LogP contribution in [-0.2, 0) is 9.59 Å². The number of nitrogens with zero attached hydrogens (tertiary/aromatic N) is 2. The zero-order valence-electron chi connectivity index (χ0n) is 12.4. The van der Waals surface area contributed by atoms with Gasteiger partial charge < -0.3 is 10.6 Å². The standard InChI is InChI=1S/C16H18FN3O2/c1-10-7-14(21)20(13-5-3-12(17)4-6-13)16(10)9-19(15(16)22)8-11(2)18/h3-6,10H,2,7-9,18H2,1H3. The number of hydrogen-bond donors (Lipinski definition) is 1. The maximum absolute atomic E-state index is 13.1. The van der Waals surface area contributed by atoms with Gasteiger partial charge in [0.2, 0.25) is 5.91 Å². The maximum Gasteiger partial charge on any atom is 0.251 e. The third-order valence-electron chi connectivity index (χ3n) is 4.51. The molecule has 2 fully saturated rings. The molecule has 2 N–H and O–H groups in total. The van der Waals surface area contributed by atoms with Gasteiger partial charge in [-0.15, -0.1) is 0 Å². The third kappa shape index (κ3) is 1.90. The van der Waals surface area contributed by atoms with E-state index in [4.69, 9.17) is 5.73 Å². The fourth-order valence-corrected chi connectivity index (χ4v) is 3.45. The summed E-state index contributed by atoms with van der Waals surface area (Å²) in [5, 5.41) is 0. The Kier molecular flexibility index (Phi) is 3.20. The molecule has 0 saturated carbocycles. The number of halogens is 1. The van der Waals surface area contributed by atoms with Gasteiger partial charge in [-0.1, -0.05) is 13.5 Å². The van der Waals surface area contributed by atoms with Crippen LogP contribution in [0.4, 0.5) is 10.1 Å². The molecule has 2 aliphatic heterocycles. The van der Waals surface area contributed by atoms with Crippen molar-refractivity contribution in [2.24, 2.45) is 11.7 Å². The zero-order chi connectivity index (χ0) is 16.1. The summed E-state index contributed by atoms with van der Waals surface area (Å²) in [7, 11) is 0. The first-order valence-corrected chi connectivity index (χ1v) is 7.17.